The van der Waals surface area contributed by atoms with Crippen LogP contribution in [-0.4, -0.2) is 34.1 Å². The molecule has 3 rings (SSSR count). The van der Waals surface area contributed by atoms with E-state index in [-0.39, 0.29) is 24.1 Å². The van der Waals surface area contributed by atoms with Crippen molar-refractivity contribution in [3.63, 3.8) is 0 Å². The Labute approximate surface area is 178 Å². The summed E-state index contributed by atoms with van der Waals surface area (Å²) in [6.45, 7) is 7.94. The Morgan fingerprint density at radius 2 is 1.86 bits per heavy atom. The smallest absolute Gasteiger partial charge is 0.243 e. The average Bonchev–Trinajstić information content (AvgIpc) is 2.98. The van der Waals surface area contributed by atoms with Gasteiger partial charge in [-0.1, -0.05) is 36.9 Å². The molecule has 0 aliphatic carbocycles. The van der Waals surface area contributed by atoms with E-state index in [1.165, 1.54) is 16.6 Å². The second-order valence-corrected chi connectivity index (χ2v) is 8.83. The summed E-state index contributed by atoms with van der Waals surface area (Å²) in [7, 11) is 0. The SMILES string of the molecule is CCc1ccccc1NC(=O)CNC(=O)CSc1nc(C)nc2sc(C)c(C)c12. The van der Waals surface area contributed by atoms with Crippen LogP contribution >= 0.6 is 23.1 Å². The van der Waals surface area contributed by atoms with Crippen molar-refractivity contribution in [1.29, 1.82) is 0 Å². The quantitative estimate of drug-likeness (QED) is 0.438. The molecule has 8 heteroatoms. The third-order valence-corrected chi connectivity index (χ3v) is 6.64. The van der Waals surface area contributed by atoms with Crippen LogP contribution in [0, 0.1) is 20.8 Å². The lowest BCUT2D eigenvalue weighted by molar-refractivity contribution is -0.122. The summed E-state index contributed by atoms with van der Waals surface area (Å²) in [5.74, 6) is 0.436. The Balaban J connectivity index is 1.57. The number of thiophene rings is 1. The van der Waals surface area contributed by atoms with Gasteiger partial charge in [-0.25, -0.2) is 9.97 Å². The Kier molecular flexibility index (Phi) is 6.87. The number of thioether (sulfide) groups is 1. The summed E-state index contributed by atoms with van der Waals surface area (Å²) in [5.41, 5.74) is 3.00. The predicted molar refractivity (Wildman–Crippen MR) is 120 cm³/mol. The zero-order chi connectivity index (χ0) is 21.0. The van der Waals surface area contributed by atoms with E-state index in [1.54, 1.807) is 11.3 Å². The van der Waals surface area contributed by atoms with E-state index in [0.717, 1.165) is 38.5 Å². The van der Waals surface area contributed by atoms with Gasteiger partial charge in [-0.15, -0.1) is 11.3 Å². The predicted octanol–water partition coefficient (Wildman–Crippen LogP) is 4.03. The van der Waals surface area contributed by atoms with Crippen LogP contribution in [0.2, 0.25) is 0 Å². The number of carbonyl (C=O) groups excluding carboxylic acids is 2. The number of fused-ring (bicyclic) bond motifs is 1. The van der Waals surface area contributed by atoms with Crippen molar-refractivity contribution in [2.24, 2.45) is 0 Å². The number of para-hydroxylation sites is 1. The maximum absolute atomic E-state index is 12.3. The largest absolute Gasteiger partial charge is 0.346 e. The minimum atomic E-state index is -0.242. The topological polar surface area (TPSA) is 84.0 Å². The zero-order valence-electron chi connectivity index (χ0n) is 17.0. The van der Waals surface area contributed by atoms with Crippen LogP contribution in [0.25, 0.3) is 10.2 Å². The number of carbonyl (C=O) groups is 2. The van der Waals surface area contributed by atoms with E-state index in [4.69, 9.17) is 0 Å². The highest BCUT2D eigenvalue weighted by Gasteiger charge is 2.15. The van der Waals surface area contributed by atoms with E-state index < -0.39 is 0 Å². The number of nitrogens with zero attached hydrogens (tertiary/aromatic N) is 2. The molecule has 0 radical (unpaired) electrons. The highest BCUT2D eigenvalue weighted by atomic mass is 32.2. The third-order valence-electron chi connectivity index (χ3n) is 4.57. The van der Waals surface area contributed by atoms with E-state index in [0.29, 0.717) is 5.82 Å². The molecular weight excluding hydrogens is 404 g/mol. The van der Waals surface area contributed by atoms with Gasteiger partial charge in [0.1, 0.15) is 15.7 Å². The molecule has 0 saturated carbocycles. The molecule has 0 spiro atoms. The number of aromatic nitrogens is 2. The summed E-state index contributed by atoms with van der Waals surface area (Å²) >= 11 is 3.01. The van der Waals surface area contributed by atoms with Crippen LogP contribution in [0.5, 0.6) is 0 Å². The van der Waals surface area contributed by atoms with Gasteiger partial charge in [-0.05, 0) is 44.4 Å². The van der Waals surface area contributed by atoms with Crippen molar-refractivity contribution >= 4 is 50.8 Å². The summed E-state index contributed by atoms with van der Waals surface area (Å²) < 4.78 is 0. The first-order chi connectivity index (χ1) is 13.9. The van der Waals surface area contributed by atoms with Gasteiger partial charge in [-0.2, -0.15) is 0 Å². The number of hydrogen-bond acceptors (Lipinski definition) is 6. The second-order valence-electron chi connectivity index (χ2n) is 6.66. The normalized spacial score (nSPS) is 10.9. The first kappa shape index (κ1) is 21.3. The van der Waals surface area contributed by atoms with E-state index in [9.17, 15) is 9.59 Å². The van der Waals surface area contributed by atoms with Gasteiger partial charge in [0.15, 0.2) is 0 Å². The lowest BCUT2D eigenvalue weighted by atomic mass is 10.1. The van der Waals surface area contributed by atoms with Crippen LogP contribution in [0.3, 0.4) is 0 Å². The van der Waals surface area contributed by atoms with Gasteiger partial charge in [0.05, 0.1) is 12.3 Å². The number of aryl methyl sites for hydroxylation is 4. The number of hydrogen-bond donors (Lipinski definition) is 2. The van der Waals surface area contributed by atoms with Crippen molar-refractivity contribution in [3.8, 4) is 0 Å². The molecular formula is C21H24N4O2S2. The monoisotopic (exact) mass is 428 g/mol. The Hall–Kier alpha value is -2.45. The maximum atomic E-state index is 12.3. The molecule has 29 heavy (non-hydrogen) atoms. The molecule has 1 aromatic carbocycles. The van der Waals surface area contributed by atoms with Crippen molar-refractivity contribution in [2.75, 3.05) is 17.6 Å². The molecule has 0 bridgehead atoms. The first-order valence-electron chi connectivity index (χ1n) is 9.40. The maximum Gasteiger partial charge on any atom is 0.243 e. The van der Waals surface area contributed by atoms with Gasteiger partial charge in [-0.3, -0.25) is 9.59 Å². The number of anilines is 1. The zero-order valence-corrected chi connectivity index (χ0v) is 18.6. The van der Waals surface area contributed by atoms with Crippen LogP contribution < -0.4 is 10.6 Å². The number of rotatable bonds is 7. The molecule has 2 amide bonds. The summed E-state index contributed by atoms with van der Waals surface area (Å²) in [4.78, 5) is 35.6. The molecule has 0 unspecified atom stereocenters. The summed E-state index contributed by atoms with van der Waals surface area (Å²) in [6, 6.07) is 7.66. The fourth-order valence-corrected chi connectivity index (χ4v) is 5.03. The lowest BCUT2D eigenvalue weighted by Crippen LogP contribution is -2.34. The van der Waals surface area contributed by atoms with Gasteiger partial charge >= 0.3 is 0 Å². The molecule has 0 atom stereocenters. The van der Waals surface area contributed by atoms with Gasteiger partial charge in [0.25, 0.3) is 0 Å². The fourth-order valence-electron chi connectivity index (χ4n) is 2.93. The minimum absolute atomic E-state index is 0.0633. The van der Waals surface area contributed by atoms with Gasteiger partial charge in [0, 0.05) is 16.0 Å². The molecule has 2 aromatic heterocycles. The average molecular weight is 429 g/mol. The van der Waals surface area contributed by atoms with Gasteiger partial charge in [0.2, 0.25) is 11.8 Å². The van der Waals surface area contributed by atoms with Crippen molar-refractivity contribution in [2.45, 2.75) is 39.1 Å². The second kappa shape index (κ2) is 9.37. The molecule has 0 saturated heterocycles. The Morgan fingerprint density at radius 3 is 2.62 bits per heavy atom. The first-order valence-corrected chi connectivity index (χ1v) is 11.2. The highest BCUT2D eigenvalue weighted by molar-refractivity contribution is 8.00. The summed E-state index contributed by atoms with van der Waals surface area (Å²) in [6.07, 6.45) is 0.827. The molecule has 0 aliphatic heterocycles. The third kappa shape index (κ3) is 5.13. The number of amides is 2. The van der Waals surface area contributed by atoms with E-state index >= 15 is 0 Å². The van der Waals surface area contributed by atoms with E-state index in [1.807, 2.05) is 38.1 Å². The number of nitrogens with one attached hydrogen (secondary N) is 2. The molecule has 0 aliphatic rings. The molecule has 2 N–H and O–H groups in total. The molecule has 3 aromatic rings. The standard InChI is InChI=1S/C21H24N4O2S2/c1-5-15-8-6-7-9-16(15)25-17(26)10-22-18(27)11-28-20-19-12(2)13(3)29-21(19)24-14(4)23-20/h6-9H,5,10-11H2,1-4H3,(H,22,27)(H,25,26). The van der Waals surface area contributed by atoms with Crippen molar-refractivity contribution in [3.05, 3.63) is 46.1 Å². The van der Waals surface area contributed by atoms with Crippen LogP contribution in [-0.2, 0) is 16.0 Å². The number of benzene rings is 1. The molecule has 152 valence electrons. The molecule has 2 heterocycles. The summed E-state index contributed by atoms with van der Waals surface area (Å²) in [5, 5.41) is 7.36. The fraction of sp³-hybridized carbons (Fsp3) is 0.333. The van der Waals surface area contributed by atoms with Crippen LogP contribution in [0.1, 0.15) is 28.8 Å². The Bertz CT molecular complexity index is 1060. The molecule has 0 fully saturated rings. The molecule has 6 nitrogen and oxygen atoms in total. The van der Waals surface area contributed by atoms with Crippen molar-refractivity contribution < 1.29 is 9.59 Å². The minimum Gasteiger partial charge on any atom is -0.346 e. The van der Waals surface area contributed by atoms with Gasteiger partial charge < -0.3 is 10.6 Å². The van der Waals surface area contributed by atoms with E-state index in [2.05, 4.69) is 34.4 Å². The van der Waals surface area contributed by atoms with Crippen LogP contribution in [0.4, 0.5) is 5.69 Å². The van der Waals surface area contributed by atoms with Crippen LogP contribution in [0.15, 0.2) is 29.3 Å². The lowest BCUT2D eigenvalue weighted by Gasteiger charge is -2.10. The van der Waals surface area contributed by atoms with Crippen molar-refractivity contribution in [1.82, 2.24) is 15.3 Å². The highest BCUT2D eigenvalue weighted by Crippen LogP contribution is 2.34. The Morgan fingerprint density at radius 1 is 1.10 bits per heavy atom.